The lowest BCUT2D eigenvalue weighted by atomic mass is 9.89. The normalized spacial score (nSPS) is 11.5. The van der Waals surface area contributed by atoms with Gasteiger partial charge in [0.2, 0.25) is 0 Å². The molecule has 0 unspecified atom stereocenters. The number of methoxy groups -OCH3 is 1. The van der Waals surface area contributed by atoms with Crippen LogP contribution in [0.3, 0.4) is 0 Å². The Kier molecular flexibility index (Phi) is 7.43. The van der Waals surface area contributed by atoms with Gasteiger partial charge in [-0.1, -0.05) is 27.2 Å². The molecule has 0 bridgehead atoms. The molecule has 0 aliphatic rings. The van der Waals surface area contributed by atoms with Crippen molar-refractivity contribution >= 4 is 11.6 Å². The summed E-state index contributed by atoms with van der Waals surface area (Å²) in [7, 11) is 1.75. The average molecular weight is 294 g/mol. The van der Waals surface area contributed by atoms with Crippen molar-refractivity contribution < 1.29 is 4.74 Å². The molecule has 0 spiro atoms. The van der Waals surface area contributed by atoms with Gasteiger partial charge in [-0.05, 0) is 25.2 Å². The third-order valence-electron chi connectivity index (χ3n) is 3.51. The molecule has 0 aliphatic heterocycles. The highest BCUT2D eigenvalue weighted by Crippen LogP contribution is 2.25. The van der Waals surface area contributed by atoms with E-state index >= 15 is 0 Å². The van der Waals surface area contributed by atoms with Gasteiger partial charge in [-0.25, -0.2) is 9.97 Å². The minimum atomic E-state index is 0.169. The van der Waals surface area contributed by atoms with Crippen LogP contribution in [0.1, 0.15) is 46.1 Å². The first-order chi connectivity index (χ1) is 10.0. The standard InChI is InChI=1S/C16H30N4O/c1-6-8-13-14(17-7-2)19-12-20-15(13)18-11-16(3,4)9-10-21-5/h12H,6-11H2,1-5H3,(H2,17,18,19,20). The van der Waals surface area contributed by atoms with E-state index in [-0.39, 0.29) is 5.41 Å². The fraction of sp³-hybridized carbons (Fsp3) is 0.750. The lowest BCUT2D eigenvalue weighted by Crippen LogP contribution is -2.25. The van der Waals surface area contributed by atoms with Crippen molar-refractivity contribution in [3.05, 3.63) is 11.9 Å². The second-order valence-electron chi connectivity index (χ2n) is 6.09. The first-order valence-corrected chi connectivity index (χ1v) is 7.84. The summed E-state index contributed by atoms with van der Waals surface area (Å²) in [5.74, 6) is 1.90. The fourth-order valence-corrected chi connectivity index (χ4v) is 2.16. The van der Waals surface area contributed by atoms with E-state index < -0.39 is 0 Å². The third-order valence-corrected chi connectivity index (χ3v) is 3.51. The van der Waals surface area contributed by atoms with Gasteiger partial charge >= 0.3 is 0 Å². The highest BCUT2D eigenvalue weighted by atomic mass is 16.5. The topological polar surface area (TPSA) is 59.1 Å². The van der Waals surface area contributed by atoms with E-state index in [0.29, 0.717) is 0 Å². The average Bonchev–Trinajstić information content (AvgIpc) is 2.46. The maximum Gasteiger partial charge on any atom is 0.134 e. The van der Waals surface area contributed by atoms with Crippen molar-refractivity contribution in [3.63, 3.8) is 0 Å². The summed E-state index contributed by atoms with van der Waals surface area (Å²) in [5, 5.41) is 6.82. The number of nitrogens with one attached hydrogen (secondary N) is 2. The Morgan fingerprint density at radius 2 is 1.81 bits per heavy atom. The van der Waals surface area contributed by atoms with Crippen LogP contribution < -0.4 is 10.6 Å². The van der Waals surface area contributed by atoms with Crippen molar-refractivity contribution in [3.8, 4) is 0 Å². The van der Waals surface area contributed by atoms with Crippen LogP contribution in [0.4, 0.5) is 11.6 Å². The zero-order chi connectivity index (χ0) is 15.7. The van der Waals surface area contributed by atoms with Gasteiger partial charge < -0.3 is 15.4 Å². The monoisotopic (exact) mass is 294 g/mol. The Bertz CT molecular complexity index is 421. The van der Waals surface area contributed by atoms with Crippen LogP contribution in [-0.2, 0) is 11.2 Å². The number of ether oxygens (including phenoxy) is 1. The number of hydrogen-bond acceptors (Lipinski definition) is 5. The van der Waals surface area contributed by atoms with Gasteiger partial charge in [0.15, 0.2) is 0 Å². The van der Waals surface area contributed by atoms with Crippen LogP contribution in [0.5, 0.6) is 0 Å². The Morgan fingerprint density at radius 3 is 2.38 bits per heavy atom. The van der Waals surface area contributed by atoms with Crippen LogP contribution in [0.25, 0.3) is 0 Å². The molecule has 0 aromatic carbocycles. The van der Waals surface area contributed by atoms with Crippen molar-refractivity contribution in [2.75, 3.05) is 37.4 Å². The minimum absolute atomic E-state index is 0.169. The molecule has 1 aromatic heterocycles. The number of rotatable bonds is 10. The molecule has 1 aromatic rings. The molecule has 0 amide bonds. The zero-order valence-corrected chi connectivity index (χ0v) is 14.1. The number of aromatic nitrogens is 2. The highest BCUT2D eigenvalue weighted by Gasteiger charge is 2.19. The molecule has 0 atom stereocenters. The number of hydrogen-bond donors (Lipinski definition) is 2. The third kappa shape index (κ3) is 5.87. The molecule has 0 radical (unpaired) electrons. The summed E-state index contributed by atoms with van der Waals surface area (Å²) in [6, 6.07) is 0. The van der Waals surface area contributed by atoms with Crippen LogP contribution in [0, 0.1) is 5.41 Å². The Labute approximate surface area is 128 Å². The largest absolute Gasteiger partial charge is 0.385 e. The van der Waals surface area contributed by atoms with Gasteiger partial charge in [-0.2, -0.15) is 0 Å². The molecule has 2 N–H and O–H groups in total. The van der Waals surface area contributed by atoms with E-state index in [9.17, 15) is 0 Å². The molecular weight excluding hydrogens is 264 g/mol. The molecule has 0 saturated heterocycles. The quantitative estimate of drug-likeness (QED) is 0.693. The van der Waals surface area contributed by atoms with Gasteiger partial charge in [0.1, 0.15) is 18.0 Å². The molecule has 5 nitrogen and oxygen atoms in total. The van der Waals surface area contributed by atoms with E-state index in [1.165, 1.54) is 5.56 Å². The smallest absolute Gasteiger partial charge is 0.134 e. The van der Waals surface area contributed by atoms with Gasteiger partial charge in [0.05, 0.1) is 0 Å². The summed E-state index contributed by atoms with van der Waals surface area (Å²) in [6.07, 6.45) is 4.70. The van der Waals surface area contributed by atoms with Gasteiger partial charge in [0, 0.05) is 32.4 Å². The Morgan fingerprint density at radius 1 is 1.14 bits per heavy atom. The lowest BCUT2D eigenvalue weighted by Gasteiger charge is -2.25. The molecular formula is C16H30N4O. The lowest BCUT2D eigenvalue weighted by molar-refractivity contribution is 0.157. The molecule has 0 fully saturated rings. The van der Waals surface area contributed by atoms with E-state index in [2.05, 4.69) is 48.3 Å². The maximum absolute atomic E-state index is 5.18. The van der Waals surface area contributed by atoms with Crippen LogP contribution in [0.15, 0.2) is 6.33 Å². The van der Waals surface area contributed by atoms with Crippen molar-refractivity contribution in [1.82, 2.24) is 9.97 Å². The molecule has 5 heteroatoms. The summed E-state index contributed by atoms with van der Waals surface area (Å²) in [4.78, 5) is 8.79. The Balaban J connectivity index is 2.79. The zero-order valence-electron chi connectivity index (χ0n) is 14.1. The maximum atomic E-state index is 5.18. The summed E-state index contributed by atoms with van der Waals surface area (Å²) < 4.78 is 5.18. The Hall–Kier alpha value is -1.36. The minimum Gasteiger partial charge on any atom is -0.385 e. The molecule has 21 heavy (non-hydrogen) atoms. The molecule has 120 valence electrons. The van der Waals surface area contributed by atoms with Crippen molar-refractivity contribution in [2.24, 2.45) is 5.41 Å². The van der Waals surface area contributed by atoms with Crippen LogP contribution >= 0.6 is 0 Å². The van der Waals surface area contributed by atoms with Crippen LogP contribution in [-0.4, -0.2) is 36.8 Å². The van der Waals surface area contributed by atoms with Crippen molar-refractivity contribution in [1.29, 1.82) is 0 Å². The predicted octanol–water partition coefficient (Wildman–Crippen LogP) is 3.34. The first kappa shape index (κ1) is 17.7. The SMILES string of the molecule is CCCc1c(NCC)ncnc1NCC(C)(C)CCOC. The predicted molar refractivity (Wildman–Crippen MR) is 89.0 cm³/mol. The highest BCUT2D eigenvalue weighted by molar-refractivity contribution is 5.57. The molecule has 0 saturated carbocycles. The molecule has 1 rings (SSSR count). The van der Waals surface area contributed by atoms with E-state index in [4.69, 9.17) is 4.74 Å². The molecule has 1 heterocycles. The van der Waals surface area contributed by atoms with Crippen LogP contribution in [0.2, 0.25) is 0 Å². The van der Waals surface area contributed by atoms with Gasteiger partial charge in [-0.3, -0.25) is 0 Å². The van der Waals surface area contributed by atoms with E-state index in [1.807, 2.05) is 0 Å². The van der Waals surface area contributed by atoms with Crippen molar-refractivity contribution in [2.45, 2.75) is 47.0 Å². The number of anilines is 2. The second kappa shape index (κ2) is 8.82. The molecule has 0 aliphatic carbocycles. The fourth-order valence-electron chi connectivity index (χ4n) is 2.16. The number of nitrogens with zero attached hydrogens (tertiary/aromatic N) is 2. The summed E-state index contributed by atoms with van der Waals surface area (Å²) in [5.41, 5.74) is 1.35. The van der Waals surface area contributed by atoms with Gasteiger partial charge in [0.25, 0.3) is 0 Å². The van der Waals surface area contributed by atoms with E-state index in [1.54, 1.807) is 13.4 Å². The first-order valence-electron chi connectivity index (χ1n) is 7.84. The summed E-state index contributed by atoms with van der Waals surface area (Å²) >= 11 is 0. The second-order valence-corrected chi connectivity index (χ2v) is 6.09. The summed E-state index contributed by atoms with van der Waals surface area (Å²) in [6.45, 7) is 11.3. The van der Waals surface area contributed by atoms with E-state index in [0.717, 1.165) is 50.6 Å². The van der Waals surface area contributed by atoms with Gasteiger partial charge in [-0.15, -0.1) is 0 Å².